The van der Waals surface area contributed by atoms with E-state index in [2.05, 4.69) is 48.7 Å². The minimum absolute atomic E-state index is 0.114. The van der Waals surface area contributed by atoms with Gasteiger partial charge in [-0.3, -0.25) is 11.3 Å². The van der Waals surface area contributed by atoms with Crippen LogP contribution >= 0.6 is 0 Å². The highest BCUT2D eigenvalue weighted by Crippen LogP contribution is 2.28. The molecule has 1 fully saturated rings. The molecule has 0 amide bonds. The van der Waals surface area contributed by atoms with Crippen molar-refractivity contribution in [3.05, 3.63) is 65.2 Å². The number of ether oxygens (including phenoxy) is 1. The van der Waals surface area contributed by atoms with E-state index in [1.807, 2.05) is 12.1 Å². The fourth-order valence-electron chi connectivity index (χ4n) is 2.39. The van der Waals surface area contributed by atoms with E-state index >= 15 is 0 Å². The van der Waals surface area contributed by atoms with E-state index in [0.29, 0.717) is 6.10 Å². The summed E-state index contributed by atoms with van der Waals surface area (Å²) < 4.78 is 5.77. The van der Waals surface area contributed by atoms with Crippen LogP contribution < -0.4 is 16.0 Å². The minimum Gasteiger partial charge on any atom is -0.490 e. The molecule has 1 unspecified atom stereocenters. The van der Waals surface area contributed by atoms with Crippen molar-refractivity contribution in [1.29, 1.82) is 0 Å². The van der Waals surface area contributed by atoms with Crippen LogP contribution in [0.25, 0.3) is 0 Å². The predicted molar refractivity (Wildman–Crippen MR) is 85.0 cm³/mol. The van der Waals surface area contributed by atoms with Gasteiger partial charge in [0, 0.05) is 6.04 Å². The molecule has 3 rings (SSSR count). The van der Waals surface area contributed by atoms with Gasteiger partial charge in [-0.05, 0) is 49.4 Å². The molecule has 0 spiro atoms. The Labute approximate surface area is 126 Å². The van der Waals surface area contributed by atoms with Crippen molar-refractivity contribution < 1.29 is 4.74 Å². The third-order valence-corrected chi connectivity index (χ3v) is 3.87. The molecule has 0 aliphatic heterocycles. The first-order chi connectivity index (χ1) is 10.2. The van der Waals surface area contributed by atoms with Gasteiger partial charge in [-0.1, -0.05) is 42.0 Å². The lowest BCUT2D eigenvalue weighted by Crippen LogP contribution is -2.29. The molecule has 0 heterocycles. The van der Waals surface area contributed by atoms with Crippen LogP contribution in [0.1, 0.15) is 35.6 Å². The minimum atomic E-state index is 0.114. The number of hydrogen-bond acceptors (Lipinski definition) is 3. The predicted octanol–water partition coefficient (Wildman–Crippen LogP) is 3.28. The Hall–Kier alpha value is -1.84. The molecule has 0 aromatic heterocycles. The highest BCUT2D eigenvalue weighted by atomic mass is 16.5. The van der Waals surface area contributed by atoms with Crippen molar-refractivity contribution in [3.8, 4) is 5.75 Å². The summed E-state index contributed by atoms with van der Waals surface area (Å²) in [5, 5.41) is 0. The largest absolute Gasteiger partial charge is 0.490 e. The quantitative estimate of drug-likeness (QED) is 0.631. The number of hydrazine groups is 1. The van der Waals surface area contributed by atoms with Gasteiger partial charge in [0.05, 0.1) is 6.10 Å². The molecule has 3 N–H and O–H groups in total. The van der Waals surface area contributed by atoms with Crippen molar-refractivity contribution >= 4 is 0 Å². The van der Waals surface area contributed by atoms with E-state index in [1.165, 1.54) is 29.5 Å². The van der Waals surface area contributed by atoms with Gasteiger partial charge in [-0.15, -0.1) is 0 Å². The average molecular weight is 282 g/mol. The first kappa shape index (κ1) is 14.1. The standard InChI is InChI=1S/C18H22N2O/c1-13-2-4-14(5-3-13)12-18(20-19)15-6-8-16(9-7-15)21-17-10-11-17/h2-9,17-18,20H,10-12,19H2,1H3. The molecule has 1 aliphatic rings. The van der Waals surface area contributed by atoms with Crippen molar-refractivity contribution in [2.75, 3.05) is 0 Å². The molecule has 21 heavy (non-hydrogen) atoms. The Morgan fingerprint density at radius 1 is 1.10 bits per heavy atom. The molecular formula is C18H22N2O. The zero-order valence-corrected chi connectivity index (χ0v) is 12.4. The normalized spacial score (nSPS) is 15.7. The summed E-state index contributed by atoms with van der Waals surface area (Å²) in [7, 11) is 0. The van der Waals surface area contributed by atoms with Crippen LogP contribution in [0.3, 0.4) is 0 Å². The van der Waals surface area contributed by atoms with Crippen LogP contribution in [-0.4, -0.2) is 6.10 Å². The van der Waals surface area contributed by atoms with Gasteiger partial charge in [0.2, 0.25) is 0 Å². The van der Waals surface area contributed by atoms with Gasteiger partial charge < -0.3 is 4.74 Å². The van der Waals surface area contributed by atoms with Crippen LogP contribution in [0.4, 0.5) is 0 Å². The van der Waals surface area contributed by atoms with Crippen LogP contribution in [0, 0.1) is 6.92 Å². The van der Waals surface area contributed by atoms with E-state index in [1.54, 1.807) is 0 Å². The molecule has 1 atom stereocenters. The lowest BCUT2D eigenvalue weighted by atomic mass is 9.99. The maximum absolute atomic E-state index is 5.77. The lowest BCUT2D eigenvalue weighted by molar-refractivity contribution is 0.303. The van der Waals surface area contributed by atoms with Gasteiger partial charge >= 0.3 is 0 Å². The topological polar surface area (TPSA) is 47.3 Å². The number of nitrogens with one attached hydrogen (secondary N) is 1. The number of aryl methyl sites for hydroxylation is 1. The molecule has 2 aromatic rings. The summed E-state index contributed by atoms with van der Waals surface area (Å²) in [6, 6.07) is 17.0. The SMILES string of the molecule is Cc1ccc(CC(NN)c2ccc(OC3CC3)cc2)cc1. The van der Waals surface area contributed by atoms with Gasteiger partial charge in [-0.25, -0.2) is 0 Å². The summed E-state index contributed by atoms with van der Waals surface area (Å²) in [4.78, 5) is 0. The zero-order valence-electron chi connectivity index (χ0n) is 12.4. The summed E-state index contributed by atoms with van der Waals surface area (Å²) in [5.41, 5.74) is 6.65. The zero-order chi connectivity index (χ0) is 14.7. The van der Waals surface area contributed by atoms with Crippen molar-refractivity contribution in [3.63, 3.8) is 0 Å². The fraction of sp³-hybridized carbons (Fsp3) is 0.333. The summed E-state index contributed by atoms with van der Waals surface area (Å²) in [6.45, 7) is 2.10. The molecule has 1 saturated carbocycles. The molecule has 0 bridgehead atoms. The number of rotatable bonds is 6. The molecule has 0 radical (unpaired) electrons. The second-order valence-electron chi connectivity index (χ2n) is 5.80. The molecule has 110 valence electrons. The Morgan fingerprint density at radius 2 is 1.76 bits per heavy atom. The maximum Gasteiger partial charge on any atom is 0.119 e. The first-order valence-corrected chi connectivity index (χ1v) is 7.53. The van der Waals surface area contributed by atoms with Crippen LogP contribution in [0.5, 0.6) is 5.75 Å². The van der Waals surface area contributed by atoms with Crippen LogP contribution in [-0.2, 0) is 6.42 Å². The molecule has 2 aromatic carbocycles. The third kappa shape index (κ3) is 3.84. The fourth-order valence-corrected chi connectivity index (χ4v) is 2.39. The lowest BCUT2D eigenvalue weighted by Gasteiger charge is -2.17. The summed E-state index contributed by atoms with van der Waals surface area (Å²) in [5.74, 6) is 6.68. The maximum atomic E-state index is 5.77. The molecular weight excluding hydrogens is 260 g/mol. The Morgan fingerprint density at radius 3 is 2.33 bits per heavy atom. The number of benzene rings is 2. The Balaban J connectivity index is 1.68. The van der Waals surface area contributed by atoms with Gasteiger partial charge in [0.1, 0.15) is 5.75 Å². The second-order valence-corrected chi connectivity index (χ2v) is 5.80. The molecule has 3 heteroatoms. The monoisotopic (exact) mass is 282 g/mol. The van der Waals surface area contributed by atoms with Gasteiger partial charge in [-0.2, -0.15) is 0 Å². The van der Waals surface area contributed by atoms with E-state index in [4.69, 9.17) is 10.6 Å². The Kier molecular flexibility index (Phi) is 4.23. The van der Waals surface area contributed by atoms with Crippen molar-refractivity contribution in [1.82, 2.24) is 5.43 Å². The number of nitrogens with two attached hydrogens (primary N) is 1. The summed E-state index contributed by atoms with van der Waals surface area (Å²) in [6.07, 6.45) is 3.68. The third-order valence-electron chi connectivity index (χ3n) is 3.87. The smallest absolute Gasteiger partial charge is 0.119 e. The highest BCUT2D eigenvalue weighted by molar-refractivity contribution is 5.31. The van der Waals surface area contributed by atoms with Gasteiger partial charge in [0.25, 0.3) is 0 Å². The Bertz CT molecular complexity index is 573. The van der Waals surface area contributed by atoms with Gasteiger partial charge in [0.15, 0.2) is 0 Å². The van der Waals surface area contributed by atoms with Crippen molar-refractivity contribution in [2.45, 2.75) is 38.3 Å². The first-order valence-electron chi connectivity index (χ1n) is 7.53. The van der Waals surface area contributed by atoms with E-state index in [-0.39, 0.29) is 6.04 Å². The highest BCUT2D eigenvalue weighted by Gasteiger charge is 2.23. The second kappa shape index (κ2) is 6.29. The molecule has 0 saturated heterocycles. The average Bonchev–Trinajstić information content (AvgIpc) is 3.32. The molecule has 1 aliphatic carbocycles. The van der Waals surface area contributed by atoms with Crippen LogP contribution in [0.2, 0.25) is 0 Å². The van der Waals surface area contributed by atoms with E-state index in [0.717, 1.165) is 12.2 Å². The number of hydrogen-bond donors (Lipinski definition) is 2. The van der Waals surface area contributed by atoms with Crippen LogP contribution in [0.15, 0.2) is 48.5 Å². The molecule has 3 nitrogen and oxygen atoms in total. The van der Waals surface area contributed by atoms with E-state index in [9.17, 15) is 0 Å². The summed E-state index contributed by atoms with van der Waals surface area (Å²) >= 11 is 0. The van der Waals surface area contributed by atoms with E-state index < -0.39 is 0 Å². The van der Waals surface area contributed by atoms with Crippen molar-refractivity contribution in [2.24, 2.45) is 5.84 Å².